The van der Waals surface area contributed by atoms with Gasteiger partial charge in [-0.2, -0.15) is 0 Å². The molecule has 0 spiro atoms. The molecule has 0 aliphatic heterocycles. The van der Waals surface area contributed by atoms with Crippen LogP contribution in [0.15, 0.2) is 30.3 Å². The Morgan fingerprint density at radius 2 is 1.89 bits per heavy atom. The lowest BCUT2D eigenvalue weighted by Crippen LogP contribution is -2.26. The Bertz CT molecular complexity index is 390. The second kappa shape index (κ2) is 9.14. The zero-order chi connectivity index (χ0) is 13.9. The highest BCUT2D eigenvalue weighted by molar-refractivity contribution is 5.81. The van der Waals surface area contributed by atoms with Gasteiger partial charge >= 0.3 is 5.97 Å². The molecule has 0 saturated heterocycles. The molecule has 1 aromatic carbocycles. The Kier molecular flexibility index (Phi) is 7.32. The number of esters is 1. The van der Waals surface area contributed by atoms with Crippen LogP contribution in [-0.4, -0.2) is 25.0 Å². The van der Waals surface area contributed by atoms with E-state index < -0.39 is 0 Å². The van der Waals surface area contributed by atoms with Crippen LogP contribution >= 0.6 is 0 Å². The standard InChI is InChI=1S/C15H21NO3/c1-2-12-19-15(18)9-8-14(17)16-11-10-13-6-4-3-5-7-13/h3-7H,2,8-12H2,1H3,(H,16,17). The van der Waals surface area contributed by atoms with Gasteiger partial charge in [-0.1, -0.05) is 37.3 Å². The van der Waals surface area contributed by atoms with Gasteiger partial charge in [-0.15, -0.1) is 0 Å². The number of amides is 1. The van der Waals surface area contributed by atoms with Crippen LogP contribution in [0.2, 0.25) is 0 Å². The summed E-state index contributed by atoms with van der Waals surface area (Å²) in [6.07, 6.45) is 1.94. The van der Waals surface area contributed by atoms with Crippen LogP contribution in [0.5, 0.6) is 0 Å². The number of benzene rings is 1. The van der Waals surface area contributed by atoms with Gasteiger partial charge in [0.1, 0.15) is 0 Å². The van der Waals surface area contributed by atoms with E-state index in [1.807, 2.05) is 37.3 Å². The Balaban J connectivity index is 2.10. The molecule has 0 fully saturated rings. The van der Waals surface area contributed by atoms with Crippen LogP contribution in [0.1, 0.15) is 31.7 Å². The van der Waals surface area contributed by atoms with Crippen molar-refractivity contribution in [3.63, 3.8) is 0 Å². The number of ether oxygens (including phenoxy) is 1. The van der Waals surface area contributed by atoms with Crippen LogP contribution in [0.4, 0.5) is 0 Å². The normalized spacial score (nSPS) is 9.95. The first kappa shape index (κ1) is 15.2. The van der Waals surface area contributed by atoms with Gasteiger partial charge in [0.05, 0.1) is 13.0 Å². The predicted molar refractivity (Wildman–Crippen MR) is 73.6 cm³/mol. The summed E-state index contributed by atoms with van der Waals surface area (Å²) in [6, 6.07) is 9.95. The Hall–Kier alpha value is -1.84. The van der Waals surface area contributed by atoms with Crippen molar-refractivity contribution in [3.8, 4) is 0 Å². The van der Waals surface area contributed by atoms with Crippen LogP contribution < -0.4 is 5.32 Å². The van der Waals surface area contributed by atoms with Gasteiger partial charge in [-0.25, -0.2) is 0 Å². The van der Waals surface area contributed by atoms with E-state index in [2.05, 4.69) is 5.32 Å². The smallest absolute Gasteiger partial charge is 0.306 e. The van der Waals surface area contributed by atoms with Crippen molar-refractivity contribution in [2.45, 2.75) is 32.6 Å². The lowest BCUT2D eigenvalue weighted by molar-refractivity contribution is -0.145. The fraction of sp³-hybridized carbons (Fsp3) is 0.467. The van der Waals surface area contributed by atoms with E-state index in [0.29, 0.717) is 13.2 Å². The lowest BCUT2D eigenvalue weighted by Gasteiger charge is -2.05. The number of rotatable bonds is 8. The summed E-state index contributed by atoms with van der Waals surface area (Å²) >= 11 is 0. The molecule has 1 N–H and O–H groups in total. The summed E-state index contributed by atoms with van der Waals surface area (Å²) in [7, 11) is 0. The number of nitrogens with one attached hydrogen (secondary N) is 1. The molecule has 0 aliphatic rings. The summed E-state index contributed by atoms with van der Waals surface area (Å²) in [5.41, 5.74) is 1.19. The molecule has 0 heterocycles. The summed E-state index contributed by atoms with van der Waals surface area (Å²) in [5.74, 6) is -0.413. The summed E-state index contributed by atoms with van der Waals surface area (Å²) in [5, 5.41) is 2.80. The number of hydrogen-bond acceptors (Lipinski definition) is 3. The zero-order valence-electron chi connectivity index (χ0n) is 11.4. The maximum Gasteiger partial charge on any atom is 0.306 e. The van der Waals surface area contributed by atoms with Crippen molar-refractivity contribution in [2.24, 2.45) is 0 Å². The van der Waals surface area contributed by atoms with Crippen molar-refractivity contribution in [3.05, 3.63) is 35.9 Å². The minimum Gasteiger partial charge on any atom is -0.466 e. The monoisotopic (exact) mass is 263 g/mol. The highest BCUT2D eigenvalue weighted by atomic mass is 16.5. The molecule has 0 atom stereocenters. The molecule has 1 rings (SSSR count). The van der Waals surface area contributed by atoms with Crippen molar-refractivity contribution >= 4 is 11.9 Å². The first-order chi connectivity index (χ1) is 9.22. The highest BCUT2D eigenvalue weighted by Crippen LogP contribution is 1.99. The van der Waals surface area contributed by atoms with Crippen LogP contribution in [0.25, 0.3) is 0 Å². The maximum atomic E-state index is 11.5. The summed E-state index contributed by atoms with van der Waals surface area (Å²) in [4.78, 5) is 22.7. The first-order valence-electron chi connectivity index (χ1n) is 6.68. The maximum absolute atomic E-state index is 11.5. The van der Waals surface area contributed by atoms with Crippen LogP contribution in [0, 0.1) is 0 Å². The van der Waals surface area contributed by atoms with Crippen molar-refractivity contribution in [2.75, 3.05) is 13.2 Å². The Labute approximate surface area is 114 Å². The number of carbonyl (C=O) groups is 2. The average Bonchev–Trinajstić information content (AvgIpc) is 2.44. The summed E-state index contributed by atoms with van der Waals surface area (Å²) < 4.78 is 4.90. The first-order valence-corrected chi connectivity index (χ1v) is 6.68. The van der Waals surface area contributed by atoms with E-state index >= 15 is 0 Å². The lowest BCUT2D eigenvalue weighted by atomic mass is 10.1. The molecule has 0 saturated carbocycles. The SMILES string of the molecule is CCCOC(=O)CCC(=O)NCCc1ccccc1. The number of carbonyl (C=O) groups excluding carboxylic acids is 2. The molecule has 0 radical (unpaired) electrons. The minimum absolute atomic E-state index is 0.107. The molecule has 0 unspecified atom stereocenters. The van der Waals surface area contributed by atoms with Crippen LogP contribution in [0.3, 0.4) is 0 Å². The molecule has 1 aromatic rings. The molecule has 1 amide bonds. The van der Waals surface area contributed by atoms with E-state index in [-0.39, 0.29) is 24.7 Å². The fourth-order valence-electron chi connectivity index (χ4n) is 1.58. The second-order valence-corrected chi connectivity index (χ2v) is 4.31. The van der Waals surface area contributed by atoms with E-state index in [9.17, 15) is 9.59 Å². The van der Waals surface area contributed by atoms with E-state index in [0.717, 1.165) is 12.8 Å². The third kappa shape index (κ3) is 7.24. The molecule has 0 aromatic heterocycles. The van der Waals surface area contributed by atoms with Gasteiger partial charge in [0, 0.05) is 13.0 Å². The van der Waals surface area contributed by atoms with Gasteiger partial charge in [-0.05, 0) is 18.4 Å². The van der Waals surface area contributed by atoms with Gasteiger partial charge in [0.15, 0.2) is 0 Å². The molecule has 4 nitrogen and oxygen atoms in total. The van der Waals surface area contributed by atoms with Gasteiger partial charge in [0.2, 0.25) is 5.91 Å². The molecule has 0 aliphatic carbocycles. The molecule has 104 valence electrons. The van der Waals surface area contributed by atoms with E-state index in [1.54, 1.807) is 0 Å². The van der Waals surface area contributed by atoms with Gasteiger partial charge < -0.3 is 10.1 Å². The van der Waals surface area contributed by atoms with Crippen molar-refractivity contribution in [1.82, 2.24) is 5.32 Å². The largest absolute Gasteiger partial charge is 0.466 e. The van der Waals surface area contributed by atoms with Crippen molar-refractivity contribution in [1.29, 1.82) is 0 Å². The van der Waals surface area contributed by atoms with Crippen LogP contribution in [-0.2, 0) is 20.7 Å². The quantitative estimate of drug-likeness (QED) is 0.731. The van der Waals surface area contributed by atoms with E-state index in [1.165, 1.54) is 5.56 Å². The van der Waals surface area contributed by atoms with Gasteiger partial charge in [0.25, 0.3) is 0 Å². The summed E-state index contributed by atoms with van der Waals surface area (Å²) in [6.45, 7) is 2.95. The molecular formula is C15H21NO3. The second-order valence-electron chi connectivity index (χ2n) is 4.31. The molecular weight excluding hydrogens is 242 g/mol. The van der Waals surface area contributed by atoms with E-state index in [4.69, 9.17) is 4.74 Å². The highest BCUT2D eigenvalue weighted by Gasteiger charge is 2.07. The van der Waals surface area contributed by atoms with Gasteiger partial charge in [-0.3, -0.25) is 9.59 Å². The Morgan fingerprint density at radius 1 is 1.16 bits per heavy atom. The third-order valence-electron chi connectivity index (χ3n) is 2.60. The number of hydrogen-bond donors (Lipinski definition) is 1. The molecule has 4 heteroatoms. The molecule has 0 bridgehead atoms. The average molecular weight is 263 g/mol. The third-order valence-corrected chi connectivity index (χ3v) is 2.60. The minimum atomic E-state index is -0.306. The predicted octanol–water partition coefficient (Wildman–Crippen LogP) is 2.08. The Morgan fingerprint density at radius 3 is 2.58 bits per heavy atom. The fourth-order valence-corrected chi connectivity index (χ4v) is 1.58. The topological polar surface area (TPSA) is 55.4 Å². The zero-order valence-corrected chi connectivity index (χ0v) is 11.4. The van der Waals surface area contributed by atoms with Crippen molar-refractivity contribution < 1.29 is 14.3 Å². The molecule has 19 heavy (non-hydrogen) atoms.